The van der Waals surface area contributed by atoms with Crippen molar-refractivity contribution in [3.8, 4) is 0 Å². The zero-order valence-electron chi connectivity index (χ0n) is 41.7. The summed E-state index contributed by atoms with van der Waals surface area (Å²) in [4.78, 5) is 4.90. The molecule has 13 rings (SSSR count). The Hall–Kier alpha value is -9.76. The fraction of sp³-hybridized carbons (Fsp3) is 0.0137. The number of nitrogens with zero attached hydrogens (tertiary/aromatic N) is 2. The van der Waals surface area contributed by atoms with Crippen molar-refractivity contribution < 1.29 is 0 Å². The molecule has 0 aromatic heterocycles. The van der Waals surface area contributed by atoms with Gasteiger partial charge in [-0.2, -0.15) is 0 Å². The average Bonchev–Trinajstić information content (AvgIpc) is 3.50. The van der Waals surface area contributed by atoms with Crippen LogP contribution in [0.5, 0.6) is 0 Å². The molecule has 0 atom stereocenters. The summed E-state index contributed by atoms with van der Waals surface area (Å²) in [6.45, 7) is 2.15. The highest BCUT2D eigenvalue weighted by molar-refractivity contribution is 6.41. The summed E-state index contributed by atoms with van der Waals surface area (Å²) >= 11 is 0. The standard InChI is InChI=1S/C73H52N2/c1-51-27-41-58(42-28-51)74(59-43-35-55(36-44-59)32-29-52-15-5-2-6-16-52)69-50-49-67-70-62(23-13-25-66(69)70)63-24-14-26-68-72(63)71(67)64-21-11-12-22-65(64)73(68)75(60-45-37-56(38-46-60)33-30-53-17-7-3-8-18-53)61-47-39-57(40-48-61)34-31-54-19-9-4-10-20-54/h2-50H,1H3. The summed E-state index contributed by atoms with van der Waals surface area (Å²) in [5, 5.41) is 12.4. The van der Waals surface area contributed by atoms with Crippen LogP contribution in [0.3, 0.4) is 0 Å². The van der Waals surface area contributed by atoms with E-state index in [1.54, 1.807) is 0 Å². The Kier molecular flexibility index (Phi) is 11.8. The van der Waals surface area contributed by atoms with E-state index < -0.39 is 0 Å². The molecule has 0 aliphatic carbocycles. The highest BCUT2D eigenvalue weighted by atomic mass is 15.1. The first-order chi connectivity index (χ1) is 37.1. The fourth-order valence-corrected chi connectivity index (χ4v) is 11.0. The molecule has 354 valence electrons. The molecule has 0 amide bonds. The predicted molar refractivity (Wildman–Crippen MR) is 325 cm³/mol. The first kappa shape index (κ1) is 45.1. The van der Waals surface area contributed by atoms with Gasteiger partial charge in [0.1, 0.15) is 0 Å². The van der Waals surface area contributed by atoms with E-state index in [2.05, 4.69) is 314 Å². The Labute approximate surface area is 438 Å². The van der Waals surface area contributed by atoms with Crippen LogP contribution in [0.25, 0.3) is 90.3 Å². The zero-order chi connectivity index (χ0) is 50.1. The van der Waals surface area contributed by atoms with Crippen LogP contribution >= 0.6 is 0 Å². The quantitative estimate of drug-likeness (QED) is 0.0684. The summed E-state index contributed by atoms with van der Waals surface area (Å²) in [6, 6.07) is 94.9. The van der Waals surface area contributed by atoms with E-state index in [0.717, 1.165) is 50.8 Å². The minimum absolute atomic E-state index is 1.09. The van der Waals surface area contributed by atoms with Crippen LogP contribution in [0.15, 0.2) is 261 Å². The maximum atomic E-state index is 2.47. The monoisotopic (exact) mass is 956 g/mol. The molecule has 0 saturated carbocycles. The molecular formula is C73H52N2. The highest BCUT2D eigenvalue weighted by Crippen LogP contribution is 2.52. The van der Waals surface area contributed by atoms with Crippen LogP contribution in [-0.2, 0) is 0 Å². The van der Waals surface area contributed by atoms with Crippen molar-refractivity contribution in [2.24, 2.45) is 0 Å². The number of anilines is 6. The van der Waals surface area contributed by atoms with E-state index in [1.807, 2.05) is 0 Å². The van der Waals surface area contributed by atoms with Crippen LogP contribution in [0.1, 0.15) is 38.9 Å². The van der Waals surface area contributed by atoms with Crippen molar-refractivity contribution in [2.45, 2.75) is 6.92 Å². The van der Waals surface area contributed by atoms with Gasteiger partial charge >= 0.3 is 0 Å². The van der Waals surface area contributed by atoms with E-state index in [9.17, 15) is 0 Å². The third-order valence-electron chi connectivity index (χ3n) is 14.6. The molecule has 0 spiro atoms. The van der Waals surface area contributed by atoms with Gasteiger partial charge in [0.05, 0.1) is 11.4 Å². The Morgan fingerprint density at radius 1 is 0.227 bits per heavy atom. The first-order valence-electron chi connectivity index (χ1n) is 25.8. The Morgan fingerprint density at radius 2 is 0.560 bits per heavy atom. The zero-order valence-corrected chi connectivity index (χ0v) is 41.7. The lowest BCUT2D eigenvalue weighted by molar-refractivity contribution is 1.29. The normalized spacial score (nSPS) is 11.9. The molecule has 2 nitrogen and oxygen atoms in total. The lowest BCUT2D eigenvalue weighted by Crippen LogP contribution is -2.12. The number of hydrogen-bond acceptors (Lipinski definition) is 2. The van der Waals surface area contributed by atoms with Crippen molar-refractivity contribution in [2.75, 3.05) is 9.80 Å². The molecule has 0 N–H and O–H groups in total. The average molecular weight is 957 g/mol. The summed E-state index contributed by atoms with van der Waals surface area (Å²) in [7, 11) is 0. The van der Waals surface area contributed by atoms with Gasteiger partial charge in [-0.3, -0.25) is 0 Å². The van der Waals surface area contributed by atoms with Gasteiger partial charge in [-0.1, -0.05) is 248 Å². The van der Waals surface area contributed by atoms with Crippen LogP contribution in [-0.4, -0.2) is 0 Å². The van der Waals surface area contributed by atoms with Gasteiger partial charge < -0.3 is 9.80 Å². The molecular weight excluding hydrogens is 905 g/mol. The van der Waals surface area contributed by atoms with Crippen molar-refractivity contribution in [1.29, 1.82) is 0 Å². The van der Waals surface area contributed by atoms with E-state index >= 15 is 0 Å². The molecule has 0 heterocycles. The SMILES string of the molecule is Cc1ccc(N(c2ccc(C=Cc3ccccc3)cc2)c2ccc3c4c2cccc4c2cccc4c(N(c5ccc(C=Cc6ccccc6)cc5)c5ccc(C=Cc6ccccc6)cc5)c5ccccc5c3c42)cc1. The van der Waals surface area contributed by atoms with E-state index in [0.29, 0.717) is 0 Å². The Morgan fingerprint density at radius 3 is 1.04 bits per heavy atom. The second kappa shape index (κ2) is 19.7. The number of rotatable bonds is 12. The van der Waals surface area contributed by atoms with Gasteiger partial charge in [-0.05, 0) is 127 Å². The minimum atomic E-state index is 1.09. The van der Waals surface area contributed by atoms with Gasteiger partial charge in [0, 0.05) is 44.3 Å². The molecule has 2 heteroatoms. The third kappa shape index (κ3) is 8.69. The molecule has 0 saturated heterocycles. The summed E-state index contributed by atoms with van der Waals surface area (Å²) < 4.78 is 0. The molecule has 13 aromatic carbocycles. The number of fused-ring (bicyclic) bond motifs is 4. The molecule has 0 aliphatic heterocycles. The van der Waals surface area contributed by atoms with Crippen molar-refractivity contribution in [3.63, 3.8) is 0 Å². The van der Waals surface area contributed by atoms with Crippen LogP contribution in [0.4, 0.5) is 34.1 Å². The largest absolute Gasteiger partial charge is 0.310 e. The molecule has 0 aliphatic rings. The summed E-state index contributed by atoms with van der Waals surface area (Å²) in [6.07, 6.45) is 13.1. The van der Waals surface area contributed by atoms with Crippen LogP contribution in [0.2, 0.25) is 0 Å². The molecule has 75 heavy (non-hydrogen) atoms. The van der Waals surface area contributed by atoms with Gasteiger partial charge in [-0.25, -0.2) is 0 Å². The van der Waals surface area contributed by atoms with Crippen molar-refractivity contribution >= 4 is 124 Å². The highest BCUT2D eigenvalue weighted by Gasteiger charge is 2.25. The molecule has 0 bridgehead atoms. The van der Waals surface area contributed by atoms with Gasteiger partial charge in [0.25, 0.3) is 0 Å². The fourth-order valence-electron chi connectivity index (χ4n) is 11.0. The second-order valence-electron chi connectivity index (χ2n) is 19.4. The van der Waals surface area contributed by atoms with Gasteiger partial charge in [0.15, 0.2) is 0 Å². The van der Waals surface area contributed by atoms with Gasteiger partial charge in [-0.15, -0.1) is 0 Å². The van der Waals surface area contributed by atoms with Crippen molar-refractivity contribution in [3.05, 3.63) is 300 Å². The summed E-state index contributed by atoms with van der Waals surface area (Å²) in [5.41, 5.74) is 14.9. The van der Waals surface area contributed by atoms with Crippen LogP contribution in [0, 0.1) is 6.92 Å². The number of aryl methyl sites for hydroxylation is 1. The minimum Gasteiger partial charge on any atom is -0.310 e. The maximum Gasteiger partial charge on any atom is 0.0619 e. The predicted octanol–water partition coefficient (Wildman–Crippen LogP) is 20.6. The van der Waals surface area contributed by atoms with E-state index in [-0.39, 0.29) is 0 Å². The van der Waals surface area contributed by atoms with Crippen molar-refractivity contribution in [1.82, 2.24) is 0 Å². The maximum absolute atomic E-state index is 2.47. The molecule has 0 fully saturated rings. The van der Waals surface area contributed by atoms with E-state index in [4.69, 9.17) is 0 Å². The first-order valence-corrected chi connectivity index (χ1v) is 25.8. The Bertz CT molecular complexity index is 4140. The molecule has 0 radical (unpaired) electrons. The lowest BCUT2D eigenvalue weighted by Gasteiger charge is -2.30. The van der Waals surface area contributed by atoms with Crippen LogP contribution < -0.4 is 9.80 Å². The number of hydrogen-bond donors (Lipinski definition) is 0. The Balaban J connectivity index is 0.996. The smallest absolute Gasteiger partial charge is 0.0619 e. The van der Waals surface area contributed by atoms with E-state index in [1.165, 1.54) is 76.1 Å². The molecule has 13 aromatic rings. The number of benzene rings is 13. The molecule has 0 unspecified atom stereocenters. The lowest BCUT2D eigenvalue weighted by atomic mass is 9.85. The topological polar surface area (TPSA) is 6.48 Å². The second-order valence-corrected chi connectivity index (χ2v) is 19.4. The van der Waals surface area contributed by atoms with Gasteiger partial charge in [0.2, 0.25) is 0 Å². The summed E-state index contributed by atoms with van der Waals surface area (Å²) in [5.74, 6) is 0. The third-order valence-corrected chi connectivity index (χ3v) is 14.6.